The van der Waals surface area contributed by atoms with Crippen LogP contribution in [0.3, 0.4) is 0 Å². The van der Waals surface area contributed by atoms with Crippen LogP contribution in [0.5, 0.6) is 0 Å². The predicted molar refractivity (Wildman–Crippen MR) is 88.2 cm³/mol. The summed E-state index contributed by atoms with van der Waals surface area (Å²) in [6.45, 7) is 4.32. The summed E-state index contributed by atoms with van der Waals surface area (Å²) in [5.74, 6) is 1.77. The van der Waals surface area contributed by atoms with Crippen molar-refractivity contribution in [2.45, 2.75) is 38.3 Å². The van der Waals surface area contributed by atoms with E-state index in [1.54, 1.807) is 0 Å². The molecule has 1 N–H and O–H groups in total. The number of rotatable bonds is 4. The second-order valence-electron chi connectivity index (χ2n) is 6.66. The van der Waals surface area contributed by atoms with E-state index in [9.17, 15) is 0 Å². The number of benzene rings is 1. The highest BCUT2D eigenvalue weighted by Gasteiger charge is 2.28. The van der Waals surface area contributed by atoms with Crippen LogP contribution in [0.25, 0.3) is 5.69 Å². The maximum atomic E-state index is 4.23. The van der Waals surface area contributed by atoms with E-state index in [1.807, 2.05) is 35.0 Å². The zero-order chi connectivity index (χ0) is 15.5. The van der Waals surface area contributed by atoms with Gasteiger partial charge in [0.2, 0.25) is 0 Å². The zero-order valence-corrected chi connectivity index (χ0v) is 13.4. The monoisotopic (exact) mass is 312 g/mol. The van der Waals surface area contributed by atoms with Gasteiger partial charge in [-0.05, 0) is 73.8 Å². The van der Waals surface area contributed by atoms with Crippen LogP contribution in [-0.4, -0.2) is 50.8 Å². The lowest BCUT2D eigenvalue weighted by Crippen LogP contribution is -2.40. The van der Waals surface area contributed by atoms with Crippen molar-refractivity contribution >= 4 is 0 Å². The Morgan fingerprint density at radius 3 is 2.65 bits per heavy atom. The van der Waals surface area contributed by atoms with Gasteiger partial charge in [-0.1, -0.05) is 18.2 Å². The van der Waals surface area contributed by atoms with Gasteiger partial charge in [-0.25, -0.2) is 0 Å². The maximum absolute atomic E-state index is 4.23. The molecule has 0 bridgehead atoms. The van der Waals surface area contributed by atoms with Gasteiger partial charge in [-0.15, -0.1) is 5.10 Å². The lowest BCUT2D eigenvalue weighted by molar-refractivity contribution is 0.153. The summed E-state index contributed by atoms with van der Waals surface area (Å²) in [7, 11) is 0. The molecule has 2 aliphatic heterocycles. The minimum atomic E-state index is 0.756. The second kappa shape index (κ2) is 6.76. The molecule has 2 saturated heterocycles. The largest absolute Gasteiger partial charge is 0.314 e. The Morgan fingerprint density at radius 2 is 1.91 bits per heavy atom. The first-order valence-electron chi connectivity index (χ1n) is 8.68. The van der Waals surface area contributed by atoms with Gasteiger partial charge in [0.05, 0.1) is 12.2 Å². The highest BCUT2D eigenvalue weighted by atomic mass is 15.5. The molecule has 2 fully saturated rings. The fraction of sp³-hybridized carbons (Fsp3) is 0.588. The topological polar surface area (TPSA) is 58.9 Å². The first kappa shape index (κ1) is 14.8. The summed E-state index contributed by atoms with van der Waals surface area (Å²) in [5, 5.41) is 15.9. The van der Waals surface area contributed by atoms with Crippen LogP contribution in [0.1, 0.15) is 31.5 Å². The summed E-state index contributed by atoms with van der Waals surface area (Å²) in [4.78, 5) is 2.48. The van der Waals surface area contributed by atoms with Crippen molar-refractivity contribution in [2.75, 3.05) is 19.6 Å². The van der Waals surface area contributed by atoms with Crippen LogP contribution in [0.15, 0.2) is 30.3 Å². The van der Waals surface area contributed by atoms with Crippen molar-refractivity contribution in [2.24, 2.45) is 5.92 Å². The van der Waals surface area contributed by atoms with E-state index in [0.29, 0.717) is 0 Å². The summed E-state index contributed by atoms with van der Waals surface area (Å²) in [6, 6.07) is 10.9. The fourth-order valence-electron chi connectivity index (χ4n) is 3.90. The maximum Gasteiger partial charge on any atom is 0.170 e. The van der Waals surface area contributed by atoms with Crippen molar-refractivity contribution in [1.82, 2.24) is 30.4 Å². The van der Waals surface area contributed by atoms with E-state index < -0.39 is 0 Å². The molecule has 1 aromatic heterocycles. The van der Waals surface area contributed by atoms with E-state index in [2.05, 4.69) is 25.7 Å². The van der Waals surface area contributed by atoms with Gasteiger partial charge in [0.1, 0.15) is 0 Å². The van der Waals surface area contributed by atoms with Gasteiger partial charge in [0.25, 0.3) is 0 Å². The Morgan fingerprint density at radius 1 is 1.09 bits per heavy atom. The highest BCUT2D eigenvalue weighted by molar-refractivity contribution is 5.30. The number of nitrogens with one attached hydrogen (secondary N) is 1. The van der Waals surface area contributed by atoms with Gasteiger partial charge in [-0.2, -0.15) is 4.68 Å². The van der Waals surface area contributed by atoms with Crippen molar-refractivity contribution in [3.05, 3.63) is 36.2 Å². The van der Waals surface area contributed by atoms with Crippen LogP contribution < -0.4 is 5.32 Å². The molecule has 0 spiro atoms. The quantitative estimate of drug-likeness (QED) is 0.930. The van der Waals surface area contributed by atoms with E-state index in [0.717, 1.165) is 43.1 Å². The zero-order valence-electron chi connectivity index (χ0n) is 13.4. The molecular formula is C17H24N6. The molecule has 2 aliphatic rings. The third-order valence-electron chi connectivity index (χ3n) is 5.20. The Hall–Kier alpha value is -1.79. The predicted octanol–water partition coefficient (Wildman–Crippen LogP) is 1.63. The van der Waals surface area contributed by atoms with Crippen molar-refractivity contribution in [1.29, 1.82) is 0 Å². The van der Waals surface area contributed by atoms with Gasteiger partial charge >= 0.3 is 0 Å². The smallest absolute Gasteiger partial charge is 0.170 e. The van der Waals surface area contributed by atoms with Crippen LogP contribution in [0, 0.1) is 5.92 Å². The molecule has 2 aromatic rings. The van der Waals surface area contributed by atoms with Crippen molar-refractivity contribution < 1.29 is 0 Å². The number of para-hydroxylation sites is 1. The standard InChI is InChI=1S/C17H24N6/c1-2-5-15(6-3-1)23-17(19-20-21-23)13-22-11-8-14(9-12-22)16-7-4-10-18-16/h1-3,5-6,14,16,18H,4,7-13H2. The lowest BCUT2D eigenvalue weighted by atomic mass is 9.88. The SMILES string of the molecule is c1ccc(-n2nnnc2CN2CCC(C3CCCN3)CC2)cc1. The third kappa shape index (κ3) is 3.28. The van der Waals surface area contributed by atoms with E-state index in [-0.39, 0.29) is 0 Å². The van der Waals surface area contributed by atoms with E-state index >= 15 is 0 Å². The molecule has 6 heteroatoms. The summed E-state index contributed by atoms with van der Waals surface area (Å²) >= 11 is 0. The average molecular weight is 312 g/mol. The molecule has 0 aliphatic carbocycles. The molecule has 0 amide bonds. The lowest BCUT2D eigenvalue weighted by Gasteiger charge is -2.34. The van der Waals surface area contributed by atoms with Gasteiger partial charge in [0.15, 0.2) is 5.82 Å². The molecule has 0 radical (unpaired) electrons. The Kier molecular flexibility index (Phi) is 4.35. The number of nitrogens with zero attached hydrogens (tertiary/aromatic N) is 5. The number of hydrogen-bond donors (Lipinski definition) is 1. The summed E-state index contributed by atoms with van der Waals surface area (Å²) in [6.07, 6.45) is 5.27. The highest BCUT2D eigenvalue weighted by Crippen LogP contribution is 2.26. The Labute approximate surface area is 136 Å². The molecular weight excluding hydrogens is 288 g/mol. The molecule has 23 heavy (non-hydrogen) atoms. The molecule has 1 aromatic carbocycles. The Bertz CT molecular complexity index is 611. The molecule has 1 atom stereocenters. The van der Waals surface area contributed by atoms with E-state index in [1.165, 1.54) is 32.2 Å². The summed E-state index contributed by atoms with van der Waals surface area (Å²) in [5.41, 5.74) is 1.03. The van der Waals surface area contributed by atoms with Gasteiger partial charge < -0.3 is 5.32 Å². The number of tetrazole rings is 1. The molecule has 122 valence electrons. The second-order valence-corrected chi connectivity index (χ2v) is 6.66. The van der Waals surface area contributed by atoms with Crippen LogP contribution in [0.2, 0.25) is 0 Å². The first-order valence-corrected chi connectivity index (χ1v) is 8.68. The molecule has 6 nitrogen and oxygen atoms in total. The fourth-order valence-corrected chi connectivity index (χ4v) is 3.90. The third-order valence-corrected chi connectivity index (χ3v) is 5.20. The minimum absolute atomic E-state index is 0.756. The molecule has 0 saturated carbocycles. The summed E-state index contributed by atoms with van der Waals surface area (Å²) < 4.78 is 1.85. The van der Waals surface area contributed by atoms with Gasteiger partial charge in [-0.3, -0.25) is 4.90 Å². The van der Waals surface area contributed by atoms with Crippen LogP contribution >= 0.6 is 0 Å². The normalized spacial score (nSPS) is 23.4. The number of likely N-dealkylation sites (tertiary alicyclic amines) is 1. The van der Waals surface area contributed by atoms with Crippen LogP contribution in [0.4, 0.5) is 0 Å². The number of aromatic nitrogens is 4. The minimum Gasteiger partial charge on any atom is -0.314 e. The van der Waals surface area contributed by atoms with Crippen LogP contribution in [-0.2, 0) is 6.54 Å². The average Bonchev–Trinajstić information content (AvgIpc) is 3.28. The Balaban J connectivity index is 1.38. The molecule has 1 unspecified atom stereocenters. The number of hydrogen-bond acceptors (Lipinski definition) is 5. The van der Waals surface area contributed by atoms with Crippen molar-refractivity contribution in [3.8, 4) is 5.69 Å². The van der Waals surface area contributed by atoms with Crippen molar-refractivity contribution in [3.63, 3.8) is 0 Å². The first-order chi connectivity index (χ1) is 11.4. The molecule has 3 heterocycles. The number of piperidine rings is 1. The molecule has 4 rings (SSSR count). The van der Waals surface area contributed by atoms with Gasteiger partial charge in [0, 0.05) is 6.04 Å². The van der Waals surface area contributed by atoms with E-state index in [4.69, 9.17) is 0 Å².